The van der Waals surface area contributed by atoms with Crippen molar-refractivity contribution in [1.82, 2.24) is 14.8 Å². The van der Waals surface area contributed by atoms with Crippen LogP contribution in [0.15, 0.2) is 50.9 Å². The number of likely N-dealkylation sites (N-methyl/N-ethyl adjacent to an activating group) is 1. The summed E-state index contributed by atoms with van der Waals surface area (Å²) in [4.78, 5) is 22.1. The summed E-state index contributed by atoms with van der Waals surface area (Å²) in [5.74, 6) is 0. The highest BCUT2D eigenvalue weighted by molar-refractivity contribution is 6.04. The number of hydrogen-bond donors (Lipinski definition) is 1. The molecule has 27 heavy (non-hydrogen) atoms. The zero-order valence-corrected chi connectivity index (χ0v) is 16.1. The first-order valence-electron chi connectivity index (χ1n) is 9.12. The van der Waals surface area contributed by atoms with Crippen molar-refractivity contribution in [2.24, 2.45) is 20.7 Å². The maximum absolute atomic E-state index is 5.78. The lowest BCUT2D eigenvalue weighted by molar-refractivity contribution is 0.310. The maximum atomic E-state index is 5.78. The number of hydrogen-bond acceptors (Lipinski definition) is 7. The molecule has 0 atom stereocenters. The van der Waals surface area contributed by atoms with E-state index in [1.807, 2.05) is 6.20 Å². The zero-order chi connectivity index (χ0) is 19.2. The highest BCUT2D eigenvalue weighted by Gasteiger charge is 2.22. The average molecular weight is 365 g/mol. The lowest BCUT2D eigenvalue weighted by atomic mass is 10.0. The van der Waals surface area contributed by atoms with Crippen molar-refractivity contribution >= 4 is 24.3 Å². The van der Waals surface area contributed by atoms with Crippen LogP contribution in [-0.4, -0.2) is 67.2 Å². The molecule has 1 saturated heterocycles. The Balaban J connectivity index is 1.91. The van der Waals surface area contributed by atoms with Gasteiger partial charge in [0.05, 0.1) is 29.8 Å². The second kappa shape index (κ2) is 8.73. The van der Waals surface area contributed by atoms with Gasteiger partial charge in [0.15, 0.2) is 0 Å². The minimum Gasteiger partial charge on any atom is -0.403 e. The molecule has 0 aliphatic carbocycles. The molecule has 1 fully saturated rings. The smallest absolute Gasteiger partial charge is 0.0820 e. The third-order valence-electron chi connectivity index (χ3n) is 4.89. The van der Waals surface area contributed by atoms with Gasteiger partial charge in [0.25, 0.3) is 0 Å². The topological polar surface area (TPSA) is 82.5 Å². The molecule has 0 saturated carbocycles. The number of likely N-dealkylation sites (tertiary alicyclic amines) is 1. The van der Waals surface area contributed by atoms with E-state index in [2.05, 4.69) is 44.6 Å². The monoisotopic (exact) mass is 365 g/mol. The maximum Gasteiger partial charge on any atom is 0.0820 e. The Bertz CT molecular complexity index is 820. The van der Waals surface area contributed by atoms with Gasteiger partial charge in [0.2, 0.25) is 0 Å². The molecule has 0 amide bonds. The number of allylic oxidation sites excluding steroid dienone is 1. The second-order valence-electron chi connectivity index (χ2n) is 6.83. The number of piperidine rings is 1. The fourth-order valence-corrected chi connectivity index (χ4v) is 3.47. The van der Waals surface area contributed by atoms with Crippen LogP contribution in [0, 0.1) is 0 Å². The van der Waals surface area contributed by atoms with Crippen LogP contribution in [0.2, 0.25) is 0 Å². The van der Waals surface area contributed by atoms with Gasteiger partial charge in [0, 0.05) is 57.4 Å². The molecule has 2 N–H and O–H groups in total. The molecule has 0 aromatic carbocycles. The van der Waals surface area contributed by atoms with Crippen molar-refractivity contribution in [3.05, 3.63) is 47.2 Å². The Kier molecular flexibility index (Phi) is 6.13. The van der Waals surface area contributed by atoms with E-state index < -0.39 is 0 Å². The van der Waals surface area contributed by atoms with Crippen LogP contribution in [0.3, 0.4) is 0 Å². The summed E-state index contributed by atoms with van der Waals surface area (Å²) in [5, 5.41) is 0. The number of aliphatic imine (C=N–C) groups is 3. The van der Waals surface area contributed by atoms with Gasteiger partial charge >= 0.3 is 0 Å². The first-order chi connectivity index (χ1) is 13.1. The van der Waals surface area contributed by atoms with Gasteiger partial charge in [-0.05, 0) is 37.4 Å². The zero-order valence-electron chi connectivity index (χ0n) is 16.1. The fourth-order valence-electron chi connectivity index (χ4n) is 3.47. The molecular formula is C20H27N7. The fraction of sp³-hybridized carbons (Fsp3) is 0.400. The molecule has 2 aliphatic rings. The highest BCUT2D eigenvalue weighted by atomic mass is 15.2. The van der Waals surface area contributed by atoms with Gasteiger partial charge in [-0.3, -0.25) is 15.0 Å². The van der Waals surface area contributed by atoms with Crippen LogP contribution >= 0.6 is 0 Å². The van der Waals surface area contributed by atoms with E-state index in [-0.39, 0.29) is 0 Å². The normalized spacial score (nSPS) is 21.9. The van der Waals surface area contributed by atoms with Gasteiger partial charge in [0.1, 0.15) is 0 Å². The van der Waals surface area contributed by atoms with Crippen LogP contribution in [-0.2, 0) is 13.0 Å². The number of rotatable bonds is 4. The predicted molar refractivity (Wildman–Crippen MR) is 112 cm³/mol. The van der Waals surface area contributed by atoms with Gasteiger partial charge in [-0.15, -0.1) is 0 Å². The van der Waals surface area contributed by atoms with Crippen LogP contribution in [0.5, 0.6) is 0 Å². The molecule has 1 aromatic heterocycles. The third kappa shape index (κ3) is 4.49. The van der Waals surface area contributed by atoms with Crippen molar-refractivity contribution in [2.75, 3.05) is 33.7 Å². The average Bonchev–Trinajstić information content (AvgIpc) is 2.67. The molecule has 3 heterocycles. The summed E-state index contributed by atoms with van der Waals surface area (Å²) in [7, 11) is 3.87. The molecule has 0 radical (unpaired) electrons. The quantitative estimate of drug-likeness (QED) is 0.827. The molecule has 3 rings (SSSR count). The van der Waals surface area contributed by atoms with E-state index in [9.17, 15) is 0 Å². The van der Waals surface area contributed by atoms with Gasteiger partial charge < -0.3 is 15.5 Å². The number of aromatic nitrogens is 1. The lowest BCUT2D eigenvalue weighted by Gasteiger charge is -2.31. The van der Waals surface area contributed by atoms with Crippen molar-refractivity contribution in [3.63, 3.8) is 0 Å². The van der Waals surface area contributed by atoms with Gasteiger partial charge in [-0.2, -0.15) is 0 Å². The molecule has 142 valence electrons. The Morgan fingerprint density at radius 1 is 1.30 bits per heavy atom. The van der Waals surface area contributed by atoms with Crippen molar-refractivity contribution in [1.29, 1.82) is 0 Å². The van der Waals surface area contributed by atoms with Gasteiger partial charge in [-0.1, -0.05) is 0 Å². The van der Waals surface area contributed by atoms with Crippen LogP contribution in [0.4, 0.5) is 5.69 Å². The molecular weight excluding hydrogens is 338 g/mol. The SMILES string of the molecule is C=N/C=C1/CCN(/C(C=NC)=C/N)CC1=Nc1cnc2c(c1)CN(C)CC2. The minimum absolute atomic E-state index is 0.646. The van der Waals surface area contributed by atoms with Gasteiger partial charge in [-0.25, -0.2) is 4.99 Å². The van der Waals surface area contributed by atoms with Crippen LogP contribution in [0.25, 0.3) is 0 Å². The first kappa shape index (κ1) is 19.0. The molecule has 7 heteroatoms. The first-order valence-corrected chi connectivity index (χ1v) is 9.12. The van der Waals surface area contributed by atoms with Crippen molar-refractivity contribution in [2.45, 2.75) is 19.4 Å². The molecule has 0 bridgehead atoms. The van der Waals surface area contributed by atoms with E-state index in [1.54, 1.807) is 25.7 Å². The summed E-state index contributed by atoms with van der Waals surface area (Å²) in [6, 6.07) is 2.15. The summed E-state index contributed by atoms with van der Waals surface area (Å²) in [6.07, 6.45) is 8.84. The standard InChI is InChI=1S/C20H27N7/c1-22-10-15-4-7-27(18(9-21)12-23-2)14-20(15)25-17-8-16-13-26(3)6-5-19(16)24-11-17/h8-12H,1,4-7,13-14,21H2,2-3H3/b15-10-,18-9+,23-12?,25-20?. The Morgan fingerprint density at radius 2 is 2.15 bits per heavy atom. The minimum atomic E-state index is 0.646. The summed E-state index contributed by atoms with van der Waals surface area (Å²) < 4.78 is 0. The second-order valence-corrected chi connectivity index (χ2v) is 6.83. The molecule has 1 aromatic rings. The number of nitrogens with two attached hydrogens (primary N) is 1. The largest absolute Gasteiger partial charge is 0.403 e. The summed E-state index contributed by atoms with van der Waals surface area (Å²) in [5.41, 5.74) is 12.0. The lowest BCUT2D eigenvalue weighted by Crippen LogP contribution is -2.37. The number of pyridine rings is 1. The van der Waals surface area contributed by atoms with E-state index in [0.29, 0.717) is 6.54 Å². The Labute approximate surface area is 160 Å². The summed E-state index contributed by atoms with van der Waals surface area (Å²) >= 11 is 0. The van der Waals surface area contributed by atoms with E-state index in [0.717, 1.165) is 55.1 Å². The molecule has 2 aliphatic heterocycles. The van der Waals surface area contributed by atoms with E-state index >= 15 is 0 Å². The summed E-state index contributed by atoms with van der Waals surface area (Å²) in [6.45, 7) is 7.04. The third-order valence-corrected chi connectivity index (χ3v) is 4.89. The number of nitrogens with zero attached hydrogens (tertiary/aromatic N) is 6. The Hall–Kier alpha value is -2.80. The molecule has 7 nitrogen and oxygen atoms in total. The predicted octanol–water partition coefficient (Wildman–Crippen LogP) is 1.93. The molecule has 0 unspecified atom stereocenters. The molecule has 0 spiro atoms. The Morgan fingerprint density at radius 3 is 2.89 bits per heavy atom. The highest BCUT2D eigenvalue weighted by Crippen LogP contribution is 2.24. The van der Waals surface area contributed by atoms with Crippen molar-refractivity contribution < 1.29 is 0 Å². The van der Waals surface area contributed by atoms with Crippen LogP contribution in [0.1, 0.15) is 17.7 Å². The van der Waals surface area contributed by atoms with Crippen molar-refractivity contribution in [3.8, 4) is 0 Å². The van der Waals surface area contributed by atoms with E-state index in [1.165, 1.54) is 11.3 Å². The number of fused-ring (bicyclic) bond motifs is 1. The van der Waals surface area contributed by atoms with E-state index in [4.69, 9.17) is 10.7 Å². The van der Waals surface area contributed by atoms with Crippen LogP contribution < -0.4 is 5.73 Å².